The zero-order valence-electron chi connectivity index (χ0n) is 16.3. The largest absolute Gasteiger partial charge is 0.490 e. The van der Waals surface area contributed by atoms with Crippen molar-refractivity contribution in [3.8, 4) is 11.5 Å². The molecule has 158 valence electrons. The van der Waals surface area contributed by atoms with Gasteiger partial charge in [-0.05, 0) is 31.2 Å². The van der Waals surface area contributed by atoms with Crippen molar-refractivity contribution in [1.82, 2.24) is 5.32 Å². The third-order valence-corrected chi connectivity index (χ3v) is 5.80. The second-order valence-corrected chi connectivity index (χ2v) is 8.34. The van der Waals surface area contributed by atoms with E-state index < -0.39 is 9.84 Å². The second kappa shape index (κ2) is 11.2. The first kappa shape index (κ1) is 23.3. The quantitative estimate of drug-likeness (QED) is 0.338. The van der Waals surface area contributed by atoms with Crippen LogP contribution in [0.5, 0.6) is 11.5 Å². The fourth-order valence-electron chi connectivity index (χ4n) is 2.71. The van der Waals surface area contributed by atoms with Crippen LogP contribution < -0.4 is 20.1 Å². The van der Waals surface area contributed by atoms with Crippen molar-refractivity contribution >= 4 is 45.5 Å². The number of ether oxygens (including phenoxy) is 2. The molecule has 0 saturated heterocycles. The lowest BCUT2D eigenvalue weighted by atomic mass is 10.3. The van der Waals surface area contributed by atoms with Crippen LogP contribution in [-0.4, -0.2) is 46.4 Å². The lowest BCUT2D eigenvalue weighted by molar-refractivity contribution is 0.297. The van der Waals surface area contributed by atoms with Crippen LogP contribution in [0, 0.1) is 0 Å². The molecule has 0 amide bonds. The van der Waals surface area contributed by atoms with E-state index in [1.54, 1.807) is 30.3 Å². The lowest BCUT2D eigenvalue weighted by Gasteiger charge is -2.13. The van der Waals surface area contributed by atoms with Gasteiger partial charge in [-0.25, -0.2) is 8.42 Å². The number of aliphatic imine (C=N–C) groups is 1. The van der Waals surface area contributed by atoms with Crippen LogP contribution in [0.25, 0.3) is 0 Å². The van der Waals surface area contributed by atoms with E-state index in [-0.39, 0.29) is 36.3 Å². The number of halogens is 1. The predicted molar refractivity (Wildman–Crippen MR) is 126 cm³/mol. The van der Waals surface area contributed by atoms with Crippen molar-refractivity contribution in [2.45, 2.75) is 18.2 Å². The Kier molecular flexibility index (Phi) is 9.02. The molecule has 7 nitrogen and oxygen atoms in total. The van der Waals surface area contributed by atoms with Gasteiger partial charge >= 0.3 is 0 Å². The number of anilines is 1. The summed E-state index contributed by atoms with van der Waals surface area (Å²) in [5, 5.41) is 6.31. The topological polar surface area (TPSA) is 89.0 Å². The number of guanidine groups is 1. The summed E-state index contributed by atoms with van der Waals surface area (Å²) in [6.45, 7) is 4.01. The lowest BCUT2D eigenvalue weighted by Crippen LogP contribution is -2.31. The van der Waals surface area contributed by atoms with Gasteiger partial charge in [-0.1, -0.05) is 18.2 Å². The van der Waals surface area contributed by atoms with Gasteiger partial charge in [0, 0.05) is 24.7 Å². The minimum absolute atomic E-state index is 0. The number of rotatable bonds is 6. The SMILES string of the molecule is CCNC(=NCCS(=O)(=O)c1ccccc1)Nc1ccc2c(c1)OCCCO2.I. The van der Waals surface area contributed by atoms with Crippen LogP contribution in [0.4, 0.5) is 5.69 Å². The maximum Gasteiger partial charge on any atom is 0.195 e. The third kappa shape index (κ3) is 6.77. The zero-order chi connectivity index (χ0) is 19.8. The molecule has 0 spiro atoms. The minimum atomic E-state index is -3.36. The molecular formula is C20H26IN3O4S. The average Bonchev–Trinajstić information content (AvgIpc) is 2.94. The zero-order valence-corrected chi connectivity index (χ0v) is 19.4. The summed E-state index contributed by atoms with van der Waals surface area (Å²) < 4.78 is 36.1. The van der Waals surface area contributed by atoms with Gasteiger partial charge in [0.05, 0.1) is 30.4 Å². The average molecular weight is 531 g/mol. The van der Waals surface area contributed by atoms with Crippen molar-refractivity contribution in [2.24, 2.45) is 4.99 Å². The molecule has 0 aliphatic carbocycles. The van der Waals surface area contributed by atoms with Gasteiger partial charge in [-0.2, -0.15) is 0 Å². The van der Waals surface area contributed by atoms with E-state index in [4.69, 9.17) is 9.47 Å². The molecule has 0 fully saturated rings. The van der Waals surface area contributed by atoms with E-state index in [0.717, 1.165) is 17.9 Å². The highest BCUT2D eigenvalue weighted by molar-refractivity contribution is 14.0. The van der Waals surface area contributed by atoms with Crippen LogP contribution in [0.1, 0.15) is 13.3 Å². The summed E-state index contributed by atoms with van der Waals surface area (Å²) >= 11 is 0. The van der Waals surface area contributed by atoms with Crippen LogP contribution in [0.3, 0.4) is 0 Å². The predicted octanol–water partition coefficient (Wildman–Crippen LogP) is 3.32. The number of benzene rings is 2. The first-order valence-electron chi connectivity index (χ1n) is 9.31. The van der Waals surface area contributed by atoms with Gasteiger partial charge in [-0.15, -0.1) is 24.0 Å². The number of nitrogens with one attached hydrogen (secondary N) is 2. The van der Waals surface area contributed by atoms with Gasteiger partial charge < -0.3 is 20.1 Å². The number of hydrogen-bond donors (Lipinski definition) is 2. The normalized spacial score (nSPS) is 13.8. The molecule has 0 radical (unpaired) electrons. The fraction of sp³-hybridized carbons (Fsp3) is 0.350. The molecule has 3 rings (SSSR count). The van der Waals surface area contributed by atoms with E-state index in [1.807, 2.05) is 25.1 Å². The Balaban J connectivity index is 0.00000300. The molecule has 1 aliphatic rings. The molecule has 1 heterocycles. The van der Waals surface area contributed by atoms with Crippen molar-refractivity contribution in [3.63, 3.8) is 0 Å². The van der Waals surface area contributed by atoms with E-state index >= 15 is 0 Å². The van der Waals surface area contributed by atoms with Crippen molar-refractivity contribution in [2.75, 3.05) is 37.4 Å². The Labute approximate surface area is 188 Å². The highest BCUT2D eigenvalue weighted by Crippen LogP contribution is 2.32. The summed E-state index contributed by atoms with van der Waals surface area (Å²) in [4.78, 5) is 4.70. The number of fused-ring (bicyclic) bond motifs is 1. The number of nitrogens with zero attached hydrogens (tertiary/aromatic N) is 1. The van der Waals surface area contributed by atoms with Gasteiger partial charge in [0.1, 0.15) is 0 Å². The van der Waals surface area contributed by atoms with Gasteiger partial charge in [0.2, 0.25) is 0 Å². The van der Waals surface area contributed by atoms with Gasteiger partial charge in [-0.3, -0.25) is 4.99 Å². The Morgan fingerprint density at radius 3 is 2.52 bits per heavy atom. The van der Waals surface area contributed by atoms with E-state index in [9.17, 15) is 8.42 Å². The fourth-order valence-corrected chi connectivity index (χ4v) is 3.85. The summed E-state index contributed by atoms with van der Waals surface area (Å²) in [6, 6.07) is 14.0. The molecule has 0 saturated carbocycles. The summed E-state index contributed by atoms with van der Waals surface area (Å²) in [5.74, 6) is 1.86. The Morgan fingerprint density at radius 2 is 1.79 bits per heavy atom. The maximum absolute atomic E-state index is 12.4. The number of sulfone groups is 1. The highest BCUT2D eigenvalue weighted by Gasteiger charge is 2.14. The minimum Gasteiger partial charge on any atom is -0.490 e. The molecule has 0 bridgehead atoms. The molecular weight excluding hydrogens is 505 g/mol. The number of hydrogen-bond acceptors (Lipinski definition) is 5. The first-order valence-corrected chi connectivity index (χ1v) is 11.0. The van der Waals surface area contributed by atoms with E-state index in [2.05, 4.69) is 15.6 Å². The van der Waals surface area contributed by atoms with Crippen LogP contribution in [-0.2, 0) is 9.84 Å². The van der Waals surface area contributed by atoms with Crippen LogP contribution in [0.15, 0.2) is 58.4 Å². The Hall–Kier alpha value is -2.01. The van der Waals surface area contributed by atoms with Gasteiger partial charge in [0.15, 0.2) is 27.3 Å². The highest BCUT2D eigenvalue weighted by atomic mass is 127. The monoisotopic (exact) mass is 531 g/mol. The van der Waals surface area contributed by atoms with Crippen LogP contribution in [0.2, 0.25) is 0 Å². The molecule has 1 aliphatic heterocycles. The Morgan fingerprint density at radius 1 is 1.07 bits per heavy atom. The molecule has 2 aromatic rings. The molecule has 2 aromatic carbocycles. The molecule has 9 heteroatoms. The smallest absolute Gasteiger partial charge is 0.195 e. The standard InChI is InChI=1S/C20H25N3O4S.HI/c1-2-21-20(22-11-14-28(24,25)17-7-4-3-5-8-17)23-16-9-10-18-19(15-16)27-13-6-12-26-18;/h3-5,7-10,15H,2,6,11-14H2,1H3,(H2,21,22,23);1H. The summed E-state index contributed by atoms with van der Waals surface area (Å²) in [7, 11) is -3.36. The van der Waals surface area contributed by atoms with Gasteiger partial charge in [0.25, 0.3) is 0 Å². The van der Waals surface area contributed by atoms with Crippen molar-refractivity contribution in [3.05, 3.63) is 48.5 Å². The summed E-state index contributed by atoms with van der Waals surface area (Å²) in [6.07, 6.45) is 0.845. The first-order chi connectivity index (χ1) is 13.6. The van der Waals surface area contributed by atoms with E-state index in [1.165, 1.54) is 0 Å². The third-order valence-electron chi connectivity index (χ3n) is 4.09. The van der Waals surface area contributed by atoms with Crippen molar-refractivity contribution < 1.29 is 17.9 Å². The second-order valence-electron chi connectivity index (χ2n) is 6.23. The maximum atomic E-state index is 12.4. The molecule has 0 unspecified atom stereocenters. The van der Waals surface area contributed by atoms with Crippen molar-refractivity contribution in [1.29, 1.82) is 0 Å². The molecule has 0 aromatic heterocycles. The molecule has 2 N–H and O–H groups in total. The molecule has 29 heavy (non-hydrogen) atoms. The molecule has 0 atom stereocenters. The summed E-state index contributed by atoms with van der Waals surface area (Å²) in [5.41, 5.74) is 0.787. The Bertz CT molecular complexity index is 921. The van der Waals surface area contributed by atoms with Crippen LogP contribution >= 0.6 is 24.0 Å². The van der Waals surface area contributed by atoms with E-state index in [0.29, 0.717) is 36.4 Å².